The summed E-state index contributed by atoms with van der Waals surface area (Å²) in [5.41, 5.74) is 0.949. The second-order valence-corrected chi connectivity index (χ2v) is 8.55. The second-order valence-electron chi connectivity index (χ2n) is 5.75. The number of ether oxygens (including phenoxy) is 1. The van der Waals surface area contributed by atoms with Crippen molar-refractivity contribution >= 4 is 63.5 Å². The number of aromatic nitrogens is 2. The van der Waals surface area contributed by atoms with Gasteiger partial charge in [0.15, 0.2) is 0 Å². The predicted molar refractivity (Wildman–Crippen MR) is 116 cm³/mol. The van der Waals surface area contributed by atoms with Crippen LogP contribution in [0.4, 0.5) is 4.79 Å². The van der Waals surface area contributed by atoms with Crippen molar-refractivity contribution in [2.45, 2.75) is 17.4 Å². The first kappa shape index (κ1) is 21.3. The van der Waals surface area contributed by atoms with Crippen LogP contribution in [-0.2, 0) is 11.3 Å². The molecular formula is C19H14Cl4N2O2S. The van der Waals surface area contributed by atoms with Crippen LogP contribution in [0, 0.1) is 0 Å². The fourth-order valence-corrected chi connectivity index (χ4v) is 4.30. The molecule has 0 N–H and O–H groups in total. The van der Waals surface area contributed by atoms with Gasteiger partial charge in [-0.05, 0) is 41.6 Å². The molecule has 3 rings (SSSR count). The van der Waals surface area contributed by atoms with Gasteiger partial charge in [-0.15, -0.1) is 0 Å². The maximum absolute atomic E-state index is 12.5. The fraction of sp³-hybridized carbons (Fsp3) is 0.158. The van der Waals surface area contributed by atoms with Gasteiger partial charge in [-0.2, -0.15) is 0 Å². The van der Waals surface area contributed by atoms with E-state index in [9.17, 15) is 4.79 Å². The molecule has 4 nitrogen and oxygen atoms in total. The summed E-state index contributed by atoms with van der Waals surface area (Å²) in [6.45, 7) is 0.0349. The number of carbonyl (C=O) groups excluding carboxylic acids is 1. The summed E-state index contributed by atoms with van der Waals surface area (Å²) in [5.74, 6) is 0. The summed E-state index contributed by atoms with van der Waals surface area (Å²) in [6.07, 6.45) is 4.96. The number of rotatable bonds is 6. The molecule has 9 heteroatoms. The SMILES string of the molecule is O=C(OCc1ccc(Cl)cc1Cl)SC(c1ccc(Cl)cc1)C(Cl)n1ccnc1. The Morgan fingerprint density at radius 3 is 2.46 bits per heavy atom. The largest absolute Gasteiger partial charge is 0.453 e. The summed E-state index contributed by atoms with van der Waals surface area (Å²) in [7, 11) is 0. The Kier molecular flexibility index (Phi) is 7.55. The normalized spacial score (nSPS) is 13.1. The highest BCUT2D eigenvalue weighted by molar-refractivity contribution is 8.13. The number of carbonyl (C=O) groups is 1. The van der Waals surface area contributed by atoms with Crippen LogP contribution in [0.1, 0.15) is 21.9 Å². The minimum atomic E-state index is -0.555. The minimum absolute atomic E-state index is 0.0349. The van der Waals surface area contributed by atoms with E-state index in [1.807, 2.05) is 12.1 Å². The van der Waals surface area contributed by atoms with E-state index in [0.717, 1.165) is 17.3 Å². The molecule has 0 aliphatic rings. The van der Waals surface area contributed by atoms with Crippen LogP contribution < -0.4 is 0 Å². The van der Waals surface area contributed by atoms with Crippen LogP contribution >= 0.6 is 58.2 Å². The Labute approximate surface area is 186 Å². The van der Waals surface area contributed by atoms with Gasteiger partial charge in [-0.3, -0.25) is 0 Å². The van der Waals surface area contributed by atoms with Gasteiger partial charge in [-0.1, -0.05) is 64.6 Å². The summed E-state index contributed by atoms with van der Waals surface area (Å²) in [4.78, 5) is 16.5. The highest BCUT2D eigenvalue weighted by Gasteiger charge is 2.27. The molecule has 0 spiro atoms. The van der Waals surface area contributed by atoms with Crippen molar-refractivity contribution in [1.82, 2.24) is 9.55 Å². The first-order chi connectivity index (χ1) is 13.4. The molecule has 0 saturated carbocycles. The van der Waals surface area contributed by atoms with Crippen LogP contribution in [0.5, 0.6) is 0 Å². The van der Waals surface area contributed by atoms with E-state index in [1.54, 1.807) is 53.6 Å². The maximum Gasteiger partial charge on any atom is 0.368 e. The topological polar surface area (TPSA) is 44.1 Å². The van der Waals surface area contributed by atoms with Crippen molar-refractivity contribution in [2.24, 2.45) is 0 Å². The van der Waals surface area contributed by atoms with Crippen molar-refractivity contribution in [1.29, 1.82) is 0 Å². The lowest BCUT2D eigenvalue weighted by atomic mass is 10.1. The fourth-order valence-electron chi connectivity index (χ4n) is 2.42. The Bertz CT molecular complexity index is 936. The average molecular weight is 476 g/mol. The predicted octanol–water partition coefficient (Wildman–Crippen LogP) is 7.39. The third kappa shape index (κ3) is 5.58. The zero-order valence-corrected chi connectivity index (χ0v) is 18.1. The lowest BCUT2D eigenvalue weighted by Gasteiger charge is -2.22. The van der Waals surface area contributed by atoms with Crippen LogP contribution in [0.3, 0.4) is 0 Å². The molecule has 0 aliphatic heterocycles. The maximum atomic E-state index is 12.5. The third-order valence-corrected chi connectivity index (χ3v) is 6.40. The number of hydrogen-bond donors (Lipinski definition) is 0. The van der Waals surface area contributed by atoms with Crippen molar-refractivity contribution in [3.05, 3.63) is 87.4 Å². The van der Waals surface area contributed by atoms with Gasteiger partial charge in [0.2, 0.25) is 0 Å². The van der Waals surface area contributed by atoms with Crippen LogP contribution in [-0.4, -0.2) is 14.9 Å². The molecule has 3 aromatic rings. The quantitative estimate of drug-likeness (QED) is 0.275. The van der Waals surface area contributed by atoms with Crippen LogP contribution in [0.2, 0.25) is 15.1 Å². The Morgan fingerprint density at radius 2 is 1.82 bits per heavy atom. The summed E-state index contributed by atoms with van der Waals surface area (Å²) in [5, 5.41) is 0.662. The second kappa shape index (κ2) is 9.90. The van der Waals surface area contributed by atoms with Crippen LogP contribution in [0.25, 0.3) is 0 Å². The first-order valence-electron chi connectivity index (χ1n) is 8.08. The first-order valence-corrected chi connectivity index (χ1v) is 10.5. The van der Waals surface area contributed by atoms with E-state index in [1.165, 1.54) is 0 Å². The van der Waals surface area contributed by atoms with Crippen LogP contribution in [0.15, 0.2) is 61.2 Å². The molecule has 0 fully saturated rings. The van der Waals surface area contributed by atoms with E-state index in [2.05, 4.69) is 4.98 Å². The molecule has 2 atom stereocenters. The molecule has 0 radical (unpaired) electrons. The van der Waals surface area contributed by atoms with E-state index >= 15 is 0 Å². The summed E-state index contributed by atoms with van der Waals surface area (Å²) in [6, 6.07) is 12.2. The Morgan fingerprint density at radius 1 is 1.11 bits per heavy atom. The number of hydrogen-bond acceptors (Lipinski definition) is 4. The summed E-state index contributed by atoms with van der Waals surface area (Å²) < 4.78 is 7.10. The average Bonchev–Trinajstić information content (AvgIpc) is 3.20. The zero-order valence-electron chi connectivity index (χ0n) is 14.3. The van der Waals surface area contributed by atoms with Gasteiger partial charge in [0.1, 0.15) is 12.1 Å². The summed E-state index contributed by atoms with van der Waals surface area (Å²) >= 11 is 25.6. The van der Waals surface area contributed by atoms with Gasteiger partial charge < -0.3 is 9.30 Å². The van der Waals surface area contributed by atoms with E-state index in [-0.39, 0.29) is 6.61 Å². The third-order valence-electron chi connectivity index (χ3n) is 3.84. The Hall–Kier alpha value is -1.37. The molecule has 1 aromatic heterocycles. The zero-order chi connectivity index (χ0) is 20.1. The minimum Gasteiger partial charge on any atom is -0.453 e. The van der Waals surface area contributed by atoms with E-state index in [4.69, 9.17) is 51.1 Å². The van der Waals surface area contributed by atoms with Crippen molar-refractivity contribution in [3.8, 4) is 0 Å². The van der Waals surface area contributed by atoms with Gasteiger partial charge in [0.05, 0.1) is 11.6 Å². The molecule has 0 saturated heterocycles. The molecule has 0 aliphatic carbocycles. The smallest absolute Gasteiger partial charge is 0.368 e. The monoisotopic (exact) mass is 474 g/mol. The lowest BCUT2D eigenvalue weighted by molar-refractivity contribution is 0.168. The molecule has 28 heavy (non-hydrogen) atoms. The number of benzene rings is 2. The lowest BCUT2D eigenvalue weighted by Crippen LogP contribution is -2.12. The number of halogens is 4. The number of nitrogens with zero attached hydrogens (tertiary/aromatic N) is 2. The molecule has 1 heterocycles. The van der Waals surface area contributed by atoms with Gasteiger partial charge in [-0.25, -0.2) is 9.78 Å². The number of alkyl halides is 1. The molecule has 0 bridgehead atoms. The highest BCUT2D eigenvalue weighted by atomic mass is 35.5. The van der Waals surface area contributed by atoms with Gasteiger partial charge in [0.25, 0.3) is 0 Å². The van der Waals surface area contributed by atoms with Gasteiger partial charge in [0, 0.05) is 33.0 Å². The van der Waals surface area contributed by atoms with Crippen molar-refractivity contribution in [2.75, 3.05) is 0 Å². The van der Waals surface area contributed by atoms with Crippen molar-refractivity contribution in [3.63, 3.8) is 0 Å². The molecule has 2 aromatic carbocycles. The van der Waals surface area contributed by atoms with Gasteiger partial charge >= 0.3 is 5.30 Å². The molecule has 0 amide bonds. The van der Waals surface area contributed by atoms with E-state index in [0.29, 0.717) is 20.6 Å². The number of imidazole rings is 1. The van der Waals surface area contributed by atoms with E-state index < -0.39 is 16.1 Å². The number of thioether (sulfide) groups is 1. The molecule has 146 valence electrons. The Balaban J connectivity index is 1.73. The molecular weight excluding hydrogens is 462 g/mol. The van der Waals surface area contributed by atoms with Crippen molar-refractivity contribution < 1.29 is 9.53 Å². The standard InChI is InChI=1S/C19H14Cl4N2O2S/c20-14-4-1-12(2-5-14)17(18(23)25-8-7-24-11-25)28-19(26)27-10-13-3-6-15(21)9-16(13)22/h1-9,11,17-18H,10H2. The molecule has 2 unspecified atom stereocenters. The highest BCUT2D eigenvalue weighted by Crippen LogP contribution is 2.42.